The lowest BCUT2D eigenvalue weighted by atomic mass is 10.1. The molecular weight excluding hydrogens is 542 g/mol. The number of carbonyl (C=O) groups excluding carboxylic acids is 1. The highest BCUT2D eigenvalue weighted by atomic mass is 127. The van der Waals surface area contributed by atoms with Crippen LogP contribution in [-0.4, -0.2) is 57.2 Å². The van der Waals surface area contributed by atoms with Crippen LogP contribution in [-0.2, 0) is 16.1 Å². The fraction of sp³-hybridized carbons (Fsp3) is 0.391. The first-order valence-corrected chi connectivity index (χ1v) is 11.1. The fourth-order valence-electron chi connectivity index (χ4n) is 2.95. The van der Waals surface area contributed by atoms with Gasteiger partial charge in [0.2, 0.25) is 5.91 Å². The van der Waals surface area contributed by atoms with Crippen LogP contribution in [0.15, 0.2) is 63.3 Å². The second-order valence-electron chi connectivity index (χ2n) is 7.62. The number of ether oxygens (including phenoxy) is 1. The van der Waals surface area contributed by atoms with E-state index in [-0.39, 0.29) is 42.2 Å². The molecule has 2 aromatic rings. The zero-order valence-corrected chi connectivity index (χ0v) is 21.5. The molecule has 9 heteroatoms. The first-order valence-electron chi connectivity index (χ1n) is 10.3. The smallest absolute Gasteiger partial charge is 0.241 e. The van der Waals surface area contributed by atoms with Gasteiger partial charge in [-0.05, 0) is 48.4 Å². The number of carbonyl (C=O) groups is 1. The summed E-state index contributed by atoms with van der Waals surface area (Å²) in [6, 6.07) is 14.6. The van der Waals surface area contributed by atoms with Gasteiger partial charge in [0.25, 0.3) is 0 Å². The summed E-state index contributed by atoms with van der Waals surface area (Å²) >= 11 is 1.58. The third-order valence-electron chi connectivity index (χ3n) is 4.88. The zero-order chi connectivity index (χ0) is 22.1. The van der Waals surface area contributed by atoms with Gasteiger partial charge in [0, 0.05) is 43.0 Å². The van der Waals surface area contributed by atoms with Gasteiger partial charge in [-0.3, -0.25) is 4.79 Å². The van der Waals surface area contributed by atoms with Gasteiger partial charge in [-0.15, -0.1) is 24.0 Å². The van der Waals surface area contributed by atoms with Crippen LogP contribution in [0, 0.1) is 11.7 Å². The summed E-state index contributed by atoms with van der Waals surface area (Å²) in [5.74, 6) is 0.829. The van der Waals surface area contributed by atoms with Crippen LogP contribution in [0.5, 0.6) is 0 Å². The molecule has 1 saturated heterocycles. The molecule has 32 heavy (non-hydrogen) atoms. The molecule has 6 nitrogen and oxygen atoms in total. The number of rotatable bonds is 8. The molecule has 2 N–H and O–H groups in total. The van der Waals surface area contributed by atoms with E-state index in [1.807, 2.05) is 24.3 Å². The Kier molecular flexibility index (Phi) is 11.3. The Labute approximate surface area is 210 Å². The minimum absolute atomic E-state index is 0. The third kappa shape index (κ3) is 8.95. The Balaban J connectivity index is 0.00000363. The van der Waals surface area contributed by atoms with Crippen molar-refractivity contribution in [1.82, 2.24) is 15.5 Å². The summed E-state index contributed by atoms with van der Waals surface area (Å²) in [4.78, 5) is 20.2. The van der Waals surface area contributed by atoms with Crippen molar-refractivity contribution in [1.29, 1.82) is 0 Å². The molecule has 1 atom stereocenters. The average Bonchev–Trinajstić information content (AvgIpc) is 3.29. The Morgan fingerprint density at radius 3 is 2.38 bits per heavy atom. The number of benzene rings is 2. The van der Waals surface area contributed by atoms with Gasteiger partial charge in [-0.2, -0.15) is 0 Å². The van der Waals surface area contributed by atoms with E-state index in [0.29, 0.717) is 18.4 Å². The van der Waals surface area contributed by atoms with Gasteiger partial charge in [-0.1, -0.05) is 23.9 Å². The van der Waals surface area contributed by atoms with Crippen molar-refractivity contribution >= 4 is 47.6 Å². The number of nitrogens with zero attached hydrogens (tertiary/aromatic N) is 2. The predicted octanol–water partition coefficient (Wildman–Crippen LogP) is 3.75. The zero-order valence-electron chi connectivity index (χ0n) is 18.3. The van der Waals surface area contributed by atoms with Crippen LogP contribution < -0.4 is 10.6 Å². The number of likely N-dealkylation sites (N-methyl/N-ethyl adjacent to an activating group) is 1. The second kappa shape index (κ2) is 13.6. The second-order valence-corrected chi connectivity index (χ2v) is 8.76. The molecule has 1 aliphatic rings. The van der Waals surface area contributed by atoms with Crippen LogP contribution in [0.1, 0.15) is 12.0 Å². The Bertz CT molecular complexity index is 873. The minimum atomic E-state index is -0.233. The molecule has 2 aromatic carbocycles. The van der Waals surface area contributed by atoms with E-state index < -0.39 is 0 Å². The number of guanidine groups is 1. The fourth-order valence-corrected chi connectivity index (χ4v) is 3.77. The van der Waals surface area contributed by atoms with Gasteiger partial charge < -0.3 is 20.3 Å². The standard InChI is InChI=1S/C23H29FN4O2S.HI/c1-28(2)22(29)15-27-23(26-14-18-11-12-30-16-18)25-13-17-3-7-20(8-4-17)31-21-9-5-19(24)6-10-21;/h3-10,18H,11-16H2,1-2H3,(H2,25,26,27);1H. The van der Waals surface area contributed by atoms with Crippen molar-refractivity contribution in [2.75, 3.05) is 40.4 Å². The Morgan fingerprint density at radius 2 is 1.78 bits per heavy atom. The number of amides is 1. The van der Waals surface area contributed by atoms with E-state index in [4.69, 9.17) is 4.74 Å². The van der Waals surface area contributed by atoms with E-state index in [1.54, 1.807) is 42.9 Å². The van der Waals surface area contributed by atoms with Crippen LogP contribution in [0.4, 0.5) is 4.39 Å². The van der Waals surface area contributed by atoms with Crippen molar-refractivity contribution in [2.24, 2.45) is 10.9 Å². The summed E-state index contributed by atoms with van der Waals surface area (Å²) in [5.41, 5.74) is 1.06. The van der Waals surface area contributed by atoms with E-state index in [9.17, 15) is 9.18 Å². The highest BCUT2D eigenvalue weighted by Crippen LogP contribution is 2.27. The number of hydrogen-bond donors (Lipinski definition) is 2. The lowest BCUT2D eigenvalue weighted by Crippen LogP contribution is -2.44. The molecule has 0 bridgehead atoms. The van der Waals surface area contributed by atoms with Gasteiger partial charge >= 0.3 is 0 Å². The summed E-state index contributed by atoms with van der Waals surface area (Å²) < 4.78 is 18.5. The number of aliphatic imine (C=N–C) groups is 1. The minimum Gasteiger partial charge on any atom is -0.381 e. The van der Waals surface area contributed by atoms with E-state index in [1.165, 1.54) is 12.1 Å². The van der Waals surface area contributed by atoms with Crippen molar-refractivity contribution in [3.8, 4) is 0 Å². The third-order valence-corrected chi connectivity index (χ3v) is 5.90. The Hall–Kier alpha value is -1.85. The van der Waals surface area contributed by atoms with Crippen molar-refractivity contribution in [2.45, 2.75) is 22.8 Å². The Morgan fingerprint density at radius 1 is 1.12 bits per heavy atom. The van der Waals surface area contributed by atoms with E-state index in [0.717, 1.165) is 41.5 Å². The summed E-state index contributed by atoms with van der Waals surface area (Å²) in [5, 5.41) is 6.44. The largest absolute Gasteiger partial charge is 0.381 e. The number of halogens is 2. The molecule has 174 valence electrons. The SMILES string of the molecule is CN(C)C(=O)CNC(=NCc1ccc(Sc2ccc(F)cc2)cc1)NCC1CCOC1.I. The maximum atomic E-state index is 13.1. The van der Waals surface area contributed by atoms with Crippen LogP contribution in [0.3, 0.4) is 0 Å². The predicted molar refractivity (Wildman–Crippen MR) is 137 cm³/mol. The first-order chi connectivity index (χ1) is 15.0. The number of hydrogen-bond acceptors (Lipinski definition) is 4. The molecule has 1 heterocycles. The van der Waals surface area contributed by atoms with E-state index in [2.05, 4.69) is 15.6 Å². The van der Waals surface area contributed by atoms with Crippen LogP contribution in [0.25, 0.3) is 0 Å². The molecule has 0 spiro atoms. The maximum absolute atomic E-state index is 13.1. The molecule has 0 saturated carbocycles. The molecule has 1 aliphatic heterocycles. The highest BCUT2D eigenvalue weighted by Gasteiger charge is 2.16. The molecule has 0 aromatic heterocycles. The van der Waals surface area contributed by atoms with Gasteiger partial charge in [0.15, 0.2) is 5.96 Å². The first kappa shape index (κ1) is 26.4. The van der Waals surface area contributed by atoms with Gasteiger partial charge in [0.1, 0.15) is 5.82 Å². The monoisotopic (exact) mass is 572 g/mol. The molecule has 1 fully saturated rings. The number of nitrogens with one attached hydrogen (secondary N) is 2. The topological polar surface area (TPSA) is 66.0 Å². The average molecular weight is 572 g/mol. The summed E-state index contributed by atoms with van der Waals surface area (Å²) in [6.45, 7) is 2.99. The maximum Gasteiger partial charge on any atom is 0.241 e. The molecule has 1 amide bonds. The van der Waals surface area contributed by atoms with Crippen molar-refractivity contribution in [3.63, 3.8) is 0 Å². The summed E-state index contributed by atoms with van der Waals surface area (Å²) in [6.07, 6.45) is 1.03. The van der Waals surface area contributed by atoms with Crippen molar-refractivity contribution < 1.29 is 13.9 Å². The van der Waals surface area contributed by atoms with Gasteiger partial charge in [0.05, 0.1) is 19.7 Å². The molecule has 1 unspecified atom stereocenters. The van der Waals surface area contributed by atoms with Gasteiger partial charge in [-0.25, -0.2) is 9.38 Å². The van der Waals surface area contributed by atoms with Crippen LogP contribution in [0.2, 0.25) is 0 Å². The molecule has 3 rings (SSSR count). The normalized spacial score (nSPS) is 15.7. The lowest BCUT2D eigenvalue weighted by molar-refractivity contribution is -0.127. The highest BCUT2D eigenvalue weighted by molar-refractivity contribution is 14.0. The van der Waals surface area contributed by atoms with E-state index >= 15 is 0 Å². The molecule has 0 radical (unpaired) electrons. The molecule has 0 aliphatic carbocycles. The van der Waals surface area contributed by atoms with Crippen LogP contribution >= 0.6 is 35.7 Å². The van der Waals surface area contributed by atoms with Crippen molar-refractivity contribution in [3.05, 3.63) is 59.9 Å². The quantitative estimate of drug-likeness (QED) is 0.287. The summed E-state index contributed by atoms with van der Waals surface area (Å²) in [7, 11) is 3.46. The lowest BCUT2D eigenvalue weighted by Gasteiger charge is -2.16. The molecular formula is C23H30FIN4O2S.